The maximum atomic E-state index is 5.91. The number of thioether (sulfide) groups is 1. The molecular weight excluding hydrogens is 340 g/mol. The highest BCUT2D eigenvalue weighted by atomic mass is 32.2. The number of nitrogens with two attached hydrogens (primary N) is 1. The van der Waals surface area contributed by atoms with E-state index in [0.717, 1.165) is 17.9 Å². The molecule has 0 aromatic heterocycles. The van der Waals surface area contributed by atoms with Crippen molar-refractivity contribution in [3.8, 4) is 0 Å². The van der Waals surface area contributed by atoms with Crippen molar-refractivity contribution in [3.63, 3.8) is 0 Å². The number of amidine groups is 1. The number of likely N-dealkylation sites (tertiary alicyclic amines) is 1. The first-order chi connectivity index (χ1) is 12.8. The molecule has 4 nitrogen and oxygen atoms in total. The monoisotopic (exact) mass is 366 g/mol. The molecule has 1 aliphatic heterocycles. The van der Waals surface area contributed by atoms with Gasteiger partial charge in [0.1, 0.15) is 0 Å². The summed E-state index contributed by atoms with van der Waals surface area (Å²) in [4.78, 5) is 2.53. The number of hydrogen-bond acceptors (Lipinski definition) is 4. The predicted molar refractivity (Wildman–Crippen MR) is 113 cm³/mol. The van der Waals surface area contributed by atoms with Crippen LogP contribution in [-0.2, 0) is 12.3 Å². The number of hydrogen-bond donors (Lipinski definition) is 1. The van der Waals surface area contributed by atoms with Gasteiger partial charge in [-0.05, 0) is 42.6 Å². The van der Waals surface area contributed by atoms with Crippen LogP contribution in [0.1, 0.15) is 36.0 Å². The highest BCUT2D eigenvalue weighted by molar-refractivity contribution is 8.13. The highest BCUT2D eigenvalue weighted by Gasteiger charge is 2.09. The van der Waals surface area contributed by atoms with Gasteiger partial charge < -0.3 is 5.73 Å². The number of nitrogens with zero attached hydrogens (tertiary/aromatic N) is 3. The lowest BCUT2D eigenvalue weighted by atomic mass is 10.1. The van der Waals surface area contributed by atoms with Crippen molar-refractivity contribution >= 4 is 23.1 Å². The normalized spacial score (nSPS) is 16.2. The molecule has 2 aromatic carbocycles. The molecule has 1 fully saturated rings. The molecule has 0 atom stereocenters. The molecule has 0 aliphatic carbocycles. The summed E-state index contributed by atoms with van der Waals surface area (Å²) < 4.78 is 0. The average molecular weight is 367 g/mol. The zero-order chi connectivity index (χ0) is 18.0. The Morgan fingerprint density at radius 2 is 1.69 bits per heavy atom. The Balaban J connectivity index is 1.46. The molecule has 0 saturated carbocycles. The summed E-state index contributed by atoms with van der Waals surface area (Å²) in [5, 5.41) is 8.65. The standard InChI is InChI=1S/C21H26N4S/c22-21(26-17-20-7-3-1-4-8-20)24-23-15-18-9-11-19(12-10-18)16-25-13-5-2-6-14-25/h1,3-4,7-12,15H,2,5-6,13-14,16-17H2,(H2,22,24). The number of piperidine rings is 1. The fraction of sp³-hybridized carbons (Fsp3) is 0.333. The van der Waals surface area contributed by atoms with Gasteiger partial charge in [0, 0.05) is 12.3 Å². The fourth-order valence-corrected chi connectivity index (χ4v) is 3.61. The molecule has 2 N–H and O–H groups in total. The van der Waals surface area contributed by atoms with Crippen LogP contribution in [0.3, 0.4) is 0 Å². The zero-order valence-electron chi connectivity index (χ0n) is 15.1. The van der Waals surface area contributed by atoms with E-state index in [-0.39, 0.29) is 0 Å². The van der Waals surface area contributed by atoms with Crippen molar-refractivity contribution in [1.29, 1.82) is 0 Å². The second kappa shape index (κ2) is 10.1. The van der Waals surface area contributed by atoms with Crippen LogP contribution in [0.2, 0.25) is 0 Å². The van der Waals surface area contributed by atoms with Gasteiger partial charge in [0.25, 0.3) is 0 Å². The fourth-order valence-electron chi connectivity index (χ4n) is 3.00. The van der Waals surface area contributed by atoms with Crippen LogP contribution in [0.5, 0.6) is 0 Å². The van der Waals surface area contributed by atoms with Crippen molar-refractivity contribution in [2.75, 3.05) is 13.1 Å². The van der Waals surface area contributed by atoms with Crippen molar-refractivity contribution in [1.82, 2.24) is 4.90 Å². The maximum absolute atomic E-state index is 5.91. The van der Waals surface area contributed by atoms with E-state index in [1.54, 1.807) is 6.21 Å². The molecule has 1 heterocycles. The summed E-state index contributed by atoms with van der Waals surface area (Å²) >= 11 is 1.50. The van der Waals surface area contributed by atoms with Gasteiger partial charge in [0.15, 0.2) is 5.17 Å². The van der Waals surface area contributed by atoms with Gasteiger partial charge in [0.2, 0.25) is 0 Å². The third kappa shape index (κ3) is 6.32. The first-order valence-electron chi connectivity index (χ1n) is 9.14. The molecule has 1 aliphatic rings. The van der Waals surface area contributed by atoms with Gasteiger partial charge in [-0.3, -0.25) is 4.90 Å². The molecule has 0 radical (unpaired) electrons. The van der Waals surface area contributed by atoms with Gasteiger partial charge >= 0.3 is 0 Å². The quantitative estimate of drug-likeness (QED) is 0.472. The molecule has 136 valence electrons. The lowest BCUT2D eigenvalue weighted by molar-refractivity contribution is 0.221. The second-order valence-corrected chi connectivity index (χ2v) is 7.53. The van der Waals surface area contributed by atoms with Crippen molar-refractivity contribution in [2.45, 2.75) is 31.6 Å². The van der Waals surface area contributed by atoms with Crippen LogP contribution >= 0.6 is 11.8 Å². The second-order valence-electron chi connectivity index (χ2n) is 6.54. The predicted octanol–water partition coefficient (Wildman–Crippen LogP) is 4.25. The van der Waals surface area contributed by atoms with Crippen molar-refractivity contribution < 1.29 is 0 Å². The molecule has 1 saturated heterocycles. The third-order valence-electron chi connectivity index (χ3n) is 4.43. The van der Waals surface area contributed by atoms with Crippen molar-refractivity contribution in [2.24, 2.45) is 15.9 Å². The van der Waals surface area contributed by atoms with Gasteiger partial charge in [-0.25, -0.2) is 0 Å². The van der Waals surface area contributed by atoms with Gasteiger partial charge in [-0.2, -0.15) is 5.10 Å². The molecule has 0 spiro atoms. The molecule has 3 rings (SSSR count). The summed E-state index contributed by atoms with van der Waals surface area (Å²) in [6.07, 6.45) is 5.78. The summed E-state index contributed by atoms with van der Waals surface area (Å²) in [5.41, 5.74) is 9.52. The minimum atomic E-state index is 0.479. The molecule has 0 amide bonds. The van der Waals surface area contributed by atoms with E-state index in [0.29, 0.717) is 5.17 Å². The van der Waals surface area contributed by atoms with Crippen LogP contribution in [-0.4, -0.2) is 29.4 Å². The Bertz CT molecular complexity index is 719. The van der Waals surface area contributed by atoms with Gasteiger partial charge in [0.05, 0.1) is 6.21 Å². The Morgan fingerprint density at radius 3 is 2.42 bits per heavy atom. The number of rotatable bonds is 6. The molecule has 2 aromatic rings. The Morgan fingerprint density at radius 1 is 0.962 bits per heavy atom. The van der Waals surface area contributed by atoms with Crippen LogP contribution in [0.4, 0.5) is 0 Å². The molecule has 0 unspecified atom stereocenters. The minimum Gasteiger partial charge on any atom is -0.377 e. The van der Waals surface area contributed by atoms with E-state index in [1.807, 2.05) is 18.2 Å². The Kier molecular flexibility index (Phi) is 7.28. The van der Waals surface area contributed by atoms with Gasteiger partial charge in [-0.15, -0.1) is 5.10 Å². The van der Waals surface area contributed by atoms with Crippen LogP contribution in [0.15, 0.2) is 64.8 Å². The van der Waals surface area contributed by atoms with Gasteiger partial charge in [-0.1, -0.05) is 72.8 Å². The topological polar surface area (TPSA) is 54.0 Å². The van der Waals surface area contributed by atoms with E-state index in [2.05, 4.69) is 51.5 Å². The third-order valence-corrected chi connectivity index (χ3v) is 5.28. The summed E-state index contributed by atoms with van der Waals surface area (Å²) in [6, 6.07) is 18.7. The van der Waals surface area contributed by atoms with E-state index in [1.165, 1.54) is 55.2 Å². The SMILES string of the molecule is NC(=NN=Cc1ccc(CN2CCCCC2)cc1)SCc1ccccc1. The van der Waals surface area contributed by atoms with E-state index >= 15 is 0 Å². The summed E-state index contributed by atoms with van der Waals surface area (Å²) in [5.74, 6) is 0.802. The first-order valence-corrected chi connectivity index (χ1v) is 10.1. The van der Waals surface area contributed by atoms with E-state index in [4.69, 9.17) is 5.73 Å². The zero-order valence-corrected chi connectivity index (χ0v) is 15.9. The van der Waals surface area contributed by atoms with Crippen LogP contribution in [0, 0.1) is 0 Å². The lowest BCUT2D eigenvalue weighted by Gasteiger charge is -2.26. The van der Waals surface area contributed by atoms with E-state index < -0.39 is 0 Å². The highest BCUT2D eigenvalue weighted by Crippen LogP contribution is 2.14. The Labute approximate surface area is 160 Å². The van der Waals surface area contributed by atoms with Crippen LogP contribution in [0.25, 0.3) is 0 Å². The molecule has 26 heavy (non-hydrogen) atoms. The Hall–Kier alpha value is -2.11. The van der Waals surface area contributed by atoms with E-state index in [9.17, 15) is 0 Å². The van der Waals surface area contributed by atoms with Crippen molar-refractivity contribution in [3.05, 3.63) is 71.3 Å². The molecule has 0 bridgehead atoms. The summed E-state index contributed by atoms with van der Waals surface area (Å²) in [7, 11) is 0. The molecular formula is C21H26N4S. The lowest BCUT2D eigenvalue weighted by Crippen LogP contribution is -2.29. The summed E-state index contributed by atoms with van der Waals surface area (Å²) in [6.45, 7) is 3.48. The molecule has 5 heteroatoms. The number of benzene rings is 2. The smallest absolute Gasteiger partial charge is 0.180 e. The average Bonchev–Trinajstić information content (AvgIpc) is 2.69. The largest absolute Gasteiger partial charge is 0.377 e. The minimum absolute atomic E-state index is 0.479. The first kappa shape index (κ1) is 18.7. The maximum Gasteiger partial charge on any atom is 0.180 e. The van der Waals surface area contributed by atoms with Crippen LogP contribution < -0.4 is 5.73 Å².